The summed E-state index contributed by atoms with van der Waals surface area (Å²) in [7, 11) is 0. The summed E-state index contributed by atoms with van der Waals surface area (Å²) in [5.41, 5.74) is 0. The van der Waals surface area contributed by atoms with Crippen molar-refractivity contribution in [1.29, 1.82) is 0 Å². The molecule has 0 amide bonds. The van der Waals surface area contributed by atoms with Gasteiger partial charge in [0.2, 0.25) is 0 Å². The van der Waals surface area contributed by atoms with Gasteiger partial charge in [-0.1, -0.05) is 13.3 Å². The molecule has 1 aromatic rings. The van der Waals surface area contributed by atoms with E-state index >= 15 is 0 Å². The van der Waals surface area contributed by atoms with E-state index in [1.807, 2.05) is 13.1 Å². The van der Waals surface area contributed by atoms with Crippen LogP contribution in [0.15, 0.2) is 6.20 Å². The van der Waals surface area contributed by atoms with Gasteiger partial charge in [-0.3, -0.25) is 4.79 Å². The number of aromatic nitrogens is 1. The Kier molecular flexibility index (Phi) is 3.74. The second-order valence-electron chi connectivity index (χ2n) is 4.76. The van der Waals surface area contributed by atoms with Crippen LogP contribution in [0, 0.1) is 18.8 Å². The van der Waals surface area contributed by atoms with E-state index < -0.39 is 0 Å². The quantitative estimate of drug-likeness (QED) is 0.806. The molecule has 16 heavy (non-hydrogen) atoms. The van der Waals surface area contributed by atoms with Gasteiger partial charge in [-0.15, -0.1) is 11.3 Å². The van der Waals surface area contributed by atoms with Gasteiger partial charge < -0.3 is 0 Å². The minimum Gasteiger partial charge on any atom is -0.299 e. The third kappa shape index (κ3) is 2.70. The fraction of sp³-hybridized carbons (Fsp3) is 0.692. The average molecular weight is 237 g/mol. The highest BCUT2D eigenvalue weighted by Crippen LogP contribution is 2.31. The van der Waals surface area contributed by atoms with Crippen molar-refractivity contribution in [3.8, 4) is 0 Å². The zero-order chi connectivity index (χ0) is 11.5. The number of Topliss-reactive ketones (excluding diaryl/α,β-unsaturated/α-hetero) is 1. The van der Waals surface area contributed by atoms with Crippen molar-refractivity contribution in [3.63, 3.8) is 0 Å². The van der Waals surface area contributed by atoms with Crippen molar-refractivity contribution in [2.45, 2.75) is 46.0 Å². The van der Waals surface area contributed by atoms with Gasteiger partial charge >= 0.3 is 0 Å². The van der Waals surface area contributed by atoms with E-state index in [-0.39, 0.29) is 5.92 Å². The summed E-state index contributed by atoms with van der Waals surface area (Å²) < 4.78 is 0. The van der Waals surface area contributed by atoms with Crippen LogP contribution >= 0.6 is 11.3 Å². The summed E-state index contributed by atoms with van der Waals surface area (Å²) in [6, 6.07) is 0. The largest absolute Gasteiger partial charge is 0.299 e. The molecule has 0 N–H and O–H groups in total. The van der Waals surface area contributed by atoms with Gasteiger partial charge in [-0.25, -0.2) is 4.98 Å². The Labute approximate surface area is 101 Å². The van der Waals surface area contributed by atoms with Crippen LogP contribution < -0.4 is 0 Å². The van der Waals surface area contributed by atoms with Gasteiger partial charge in [0.15, 0.2) is 0 Å². The molecule has 0 bridgehead atoms. The first kappa shape index (κ1) is 11.8. The van der Waals surface area contributed by atoms with E-state index in [9.17, 15) is 4.79 Å². The Balaban J connectivity index is 1.99. The lowest BCUT2D eigenvalue weighted by molar-refractivity contribution is -0.125. The van der Waals surface area contributed by atoms with Gasteiger partial charge in [0.25, 0.3) is 0 Å². The standard InChI is InChI=1S/C13H19NOS/c1-3-10-4-5-13(15)11(6-10)7-12-8-14-9(2)16-12/h8,10-11H,3-7H2,1-2H3. The maximum atomic E-state index is 11.9. The number of ketones is 1. The fourth-order valence-electron chi connectivity index (χ4n) is 2.51. The molecular formula is C13H19NOS. The Bertz CT molecular complexity index is 372. The third-order valence-electron chi connectivity index (χ3n) is 3.57. The average Bonchev–Trinajstić information content (AvgIpc) is 2.67. The first-order chi connectivity index (χ1) is 7.69. The van der Waals surface area contributed by atoms with Gasteiger partial charge in [-0.05, 0) is 32.1 Å². The van der Waals surface area contributed by atoms with Crippen molar-refractivity contribution >= 4 is 17.1 Å². The first-order valence-corrected chi connectivity index (χ1v) is 6.94. The summed E-state index contributed by atoms with van der Waals surface area (Å²) in [6.07, 6.45) is 7.05. The molecule has 1 fully saturated rings. The molecule has 2 nitrogen and oxygen atoms in total. The van der Waals surface area contributed by atoms with Crippen LogP contribution in [0.25, 0.3) is 0 Å². The molecule has 0 spiro atoms. The second kappa shape index (κ2) is 5.09. The highest BCUT2D eigenvalue weighted by atomic mass is 32.1. The van der Waals surface area contributed by atoms with Crippen LogP contribution in [0.5, 0.6) is 0 Å². The third-order valence-corrected chi connectivity index (χ3v) is 4.50. The zero-order valence-corrected chi connectivity index (χ0v) is 10.8. The summed E-state index contributed by atoms with van der Waals surface area (Å²) in [5.74, 6) is 1.49. The van der Waals surface area contributed by atoms with Crippen LogP contribution in [0.3, 0.4) is 0 Å². The number of aryl methyl sites for hydroxylation is 1. The van der Waals surface area contributed by atoms with E-state index in [1.165, 1.54) is 11.3 Å². The van der Waals surface area contributed by atoms with E-state index in [0.29, 0.717) is 5.78 Å². The predicted molar refractivity (Wildman–Crippen MR) is 66.7 cm³/mol. The topological polar surface area (TPSA) is 30.0 Å². The van der Waals surface area contributed by atoms with Gasteiger partial charge in [0, 0.05) is 23.4 Å². The number of nitrogens with zero attached hydrogens (tertiary/aromatic N) is 1. The molecule has 0 aromatic carbocycles. The van der Waals surface area contributed by atoms with Crippen LogP contribution in [0.1, 0.15) is 42.5 Å². The van der Waals surface area contributed by atoms with Gasteiger partial charge in [0.05, 0.1) is 5.01 Å². The molecule has 1 aliphatic rings. The summed E-state index contributed by atoms with van der Waals surface area (Å²) in [4.78, 5) is 17.4. The number of thiazole rings is 1. The summed E-state index contributed by atoms with van der Waals surface area (Å²) in [6.45, 7) is 4.25. The van der Waals surface area contributed by atoms with Crippen LogP contribution in [0.2, 0.25) is 0 Å². The molecule has 1 heterocycles. The van der Waals surface area contributed by atoms with Crippen LogP contribution in [-0.2, 0) is 11.2 Å². The maximum absolute atomic E-state index is 11.9. The Hall–Kier alpha value is -0.700. The van der Waals surface area contributed by atoms with E-state index in [0.717, 1.165) is 36.6 Å². The SMILES string of the molecule is CCC1CCC(=O)C(Cc2cnc(C)s2)C1. The first-order valence-electron chi connectivity index (χ1n) is 6.13. The summed E-state index contributed by atoms with van der Waals surface area (Å²) >= 11 is 1.73. The Morgan fingerprint density at radius 3 is 3.00 bits per heavy atom. The Morgan fingerprint density at radius 1 is 1.56 bits per heavy atom. The van der Waals surface area contributed by atoms with E-state index in [1.54, 1.807) is 11.3 Å². The molecule has 88 valence electrons. The smallest absolute Gasteiger partial charge is 0.136 e. The van der Waals surface area contributed by atoms with Crippen LogP contribution in [-0.4, -0.2) is 10.8 Å². The molecule has 1 saturated carbocycles. The van der Waals surface area contributed by atoms with Crippen LogP contribution in [0.4, 0.5) is 0 Å². The number of rotatable bonds is 3. The predicted octanol–water partition coefficient (Wildman–Crippen LogP) is 3.39. The van der Waals surface area contributed by atoms with Crippen molar-refractivity contribution in [2.75, 3.05) is 0 Å². The number of hydrogen-bond acceptors (Lipinski definition) is 3. The normalized spacial score (nSPS) is 26.0. The molecular weight excluding hydrogens is 218 g/mol. The molecule has 0 aliphatic heterocycles. The van der Waals surface area contributed by atoms with E-state index in [2.05, 4.69) is 11.9 Å². The molecule has 2 rings (SSSR count). The lowest BCUT2D eigenvalue weighted by Crippen LogP contribution is -2.26. The van der Waals surface area contributed by atoms with Crippen molar-refractivity contribution < 1.29 is 4.79 Å². The molecule has 0 radical (unpaired) electrons. The molecule has 2 unspecified atom stereocenters. The second-order valence-corrected chi connectivity index (χ2v) is 6.08. The molecule has 0 saturated heterocycles. The fourth-order valence-corrected chi connectivity index (χ4v) is 3.39. The highest BCUT2D eigenvalue weighted by Gasteiger charge is 2.28. The molecule has 2 atom stereocenters. The summed E-state index contributed by atoms with van der Waals surface area (Å²) in [5, 5.41) is 1.10. The van der Waals surface area contributed by atoms with Gasteiger partial charge in [0.1, 0.15) is 5.78 Å². The number of carbonyl (C=O) groups excluding carboxylic acids is 1. The minimum atomic E-state index is 0.263. The lowest BCUT2D eigenvalue weighted by atomic mass is 9.78. The van der Waals surface area contributed by atoms with Crippen molar-refractivity contribution in [2.24, 2.45) is 11.8 Å². The molecule has 1 aromatic heterocycles. The monoisotopic (exact) mass is 237 g/mol. The number of carbonyl (C=O) groups is 1. The Morgan fingerprint density at radius 2 is 2.38 bits per heavy atom. The van der Waals surface area contributed by atoms with Gasteiger partial charge in [-0.2, -0.15) is 0 Å². The molecule has 3 heteroatoms. The number of hydrogen-bond donors (Lipinski definition) is 0. The maximum Gasteiger partial charge on any atom is 0.136 e. The van der Waals surface area contributed by atoms with Crippen molar-refractivity contribution in [3.05, 3.63) is 16.1 Å². The van der Waals surface area contributed by atoms with E-state index in [4.69, 9.17) is 0 Å². The molecule has 1 aliphatic carbocycles. The lowest BCUT2D eigenvalue weighted by Gasteiger charge is -2.26. The zero-order valence-electron chi connectivity index (χ0n) is 10.0. The highest BCUT2D eigenvalue weighted by molar-refractivity contribution is 7.11. The van der Waals surface area contributed by atoms with Crippen molar-refractivity contribution in [1.82, 2.24) is 4.98 Å². The minimum absolute atomic E-state index is 0.263.